The van der Waals surface area contributed by atoms with Crippen LogP contribution in [0.15, 0.2) is 29.8 Å². The highest BCUT2D eigenvalue weighted by Crippen LogP contribution is 2.60. The van der Waals surface area contributed by atoms with E-state index in [9.17, 15) is 0 Å². The Hall–Kier alpha value is -1.04. The Morgan fingerprint density at radius 2 is 2.05 bits per heavy atom. The van der Waals surface area contributed by atoms with Gasteiger partial charge in [0.05, 0.1) is 0 Å². The van der Waals surface area contributed by atoms with Crippen LogP contribution in [0.2, 0.25) is 0 Å². The molecule has 0 radical (unpaired) electrons. The maximum Gasteiger partial charge on any atom is 0.00301 e. The molecule has 20 heavy (non-hydrogen) atoms. The fourth-order valence-electron chi connectivity index (χ4n) is 5.23. The molecule has 1 spiro atoms. The van der Waals surface area contributed by atoms with E-state index in [1.54, 1.807) is 22.3 Å². The molecule has 2 unspecified atom stereocenters. The van der Waals surface area contributed by atoms with Gasteiger partial charge in [-0.2, -0.15) is 0 Å². The highest BCUT2D eigenvalue weighted by atomic mass is 14.5. The van der Waals surface area contributed by atoms with Gasteiger partial charge in [-0.25, -0.2) is 0 Å². The van der Waals surface area contributed by atoms with E-state index in [1.807, 2.05) is 0 Å². The molecule has 4 rings (SSSR count). The molecule has 3 aliphatic rings. The molecule has 0 saturated heterocycles. The average molecular weight is 266 g/mol. The van der Waals surface area contributed by atoms with E-state index in [2.05, 4.69) is 45.0 Å². The molecule has 106 valence electrons. The molecule has 1 aromatic rings. The lowest BCUT2D eigenvalue weighted by atomic mass is 9.59. The number of hydrogen-bond donors (Lipinski definition) is 0. The van der Waals surface area contributed by atoms with Gasteiger partial charge in [0.1, 0.15) is 0 Å². The molecule has 1 saturated carbocycles. The lowest BCUT2D eigenvalue weighted by Crippen LogP contribution is -2.38. The van der Waals surface area contributed by atoms with Crippen molar-refractivity contribution in [2.45, 2.75) is 70.1 Å². The van der Waals surface area contributed by atoms with Gasteiger partial charge in [-0.15, -0.1) is 0 Å². The average Bonchev–Trinajstić information content (AvgIpc) is 2.98. The van der Waals surface area contributed by atoms with E-state index in [0.29, 0.717) is 5.41 Å². The SMILES string of the molecule is CC(C)(C)c1cccc2c1C1(CCC2)CC2=CCC1C2. The predicted molar refractivity (Wildman–Crippen MR) is 85.2 cm³/mol. The third-order valence-corrected chi connectivity index (χ3v) is 6.05. The van der Waals surface area contributed by atoms with Crippen LogP contribution >= 0.6 is 0 Å². The Morgan fingerprint density at radius 3 is 2.70 bits per heavy atom. The molecular weight excluding hydrogens is 240 g/mol. The van der Waals surface area contributed by atoms with E-state index in [4.69, 9.17) is 0 Å². The molecule has 1 aromatic carbocycles. The monoisotopic (exact) mass is 266 g/mol. The lowest BCUT2D eigenvalue weighted by Gasteiger charge is -2.44. The first-order valence-corrected chi connectivity index (χ1v) is 8.31. The van der Waals surface area contributed by atoms with E-state index in [1.165, 1.54) is 38.5 Å². The fraction of sp³-hybridized carbons (Fsp3) is 0.600. The normalized spacial score (nSPS) is 31.6. The first-order chi connectivity index (χ1) is 9.51. The van der Waals surface area contributed by atoms with Crippen LogP contribution in [0.1, 0.15) is 69.6 Å². The van der Waals surface area contributed by atoms with E-state index >= 15 is 0 Å². The van der Waals surface area contributed by atoms with Gasteiger partial charge in [0.2, 0.25) is 0 Å². The second kappa shape index (κ2) is 4.00. The first kappa shape index (κ1) is 12.7. The third-order valence-electron chi connectivity index (χ3n) is 6.05. The minimum atomic E-state index is 0.270. The summed E-state index contributed by atoms with van der Waals surface area (Å²) in [6.07, 6.45) is 10.7. The maximum atomic E-state index is 2.53. The van der Waals surface area contributed by atoms with Crippen molar-refractivity contribution in [3.8, 4) is 0 Å². The number of fused-ring (bicyclic) bond motifs is 5. The molecule has 0 heterocycles. The molecule has 0 N–H and O–H groups in total. The summed E-state index contributed by atoms with van der Waals surface area (Å²) in [6, 6.07) is 7.11. The summed E-state index contributed by atoms with van der Waals surface area (Å²) in [5.74, 6) is 0.903. The molecular formula is C20H26. The Labute approximate surface area is 123 Å². The minimum absolute atomic E-state index is 0.270. The van der Waals surface area contributed by atoms with Crippen LogP contribution in [0.4, 0.5) is 0 Å². The Kier molecular flexibility index (Phi) is 2.53. The zero-order chi connectivity index (χ0) is 14.0. The van der Waals surface area contributed by atoms with Crippen molar-refractivity contribution in [3.05, 3.63) is 46.5 Å². The van der Waals surface area contributed by atoms with Crippen LogP contribution < -0.4 is 0 Å². The van der Waals surface area contributed by atoms with Crippen molar-refractivity contribution in [1.29, 1.82) is 0 Å². The van der Waals surface area contributed by atoms with E-state index < -0.39 is 0 Å². The van der Waals surface area contributed by atoms with Crippen LogP contribution in [0.3, 0.4) is 0 Å². The fourth-order valence-corrected chi connectivity index (χ4v) is 5.23. The molecule has 0 nitrogen and oxygen atoms in total. The highest BCUT2D eigenvalue weighted by Gasteiger charge is 2.51. The molecule has 2 atom stereocenters. The second-order valence-electron chi connectivity index (χ2n) is 8.28. The predicted octanol–water partition coefficient (Wildman–Crippen LogP) is 5.30. The van der Waals surface area contributed by atoms with Gasteiger partial charge in [0.15, 0.2) is 0 Å². The Bertz CT molecular complexity index is 585. The summed E-state index contributed by atoms with van der Waals surface area (Å²) < 4.78 is 0. The van der Waals surface area contributed by atoms with Crippen molar-refractivity contribution >= 4 is 0 Å². The minimum Gasteiger partial charge on any atom is -0.0850 e. The Morgan fingerprint density at radius 1 is 1.20 bits per heavy atom. The number of benzene rings is 1. The number of hydrogen-bond acceptors (Lipinski definition) is 0. The van der Waals surface area contributed by atoms with E-state index in [-0.39, 0.29) is 5.41 Å². The number of aryl methyl sites for hydroxylation is 1. The van der Waals surface area contributed by atoms with Crippen LogP contribution in [-0.4, -0.2) is 0 Å². The molecule has 0 amide bonds. The smallest absolute Gasteiger partial charge is 0.00301 e. The molecule has 1 fully saturated rings. The zero-order valence-corrected chi connectivity index (χ0v) is 13.1. The van der Waals surface area contributed by atoms with Gasteiger partial charge < -0.3 is 0 Å². The largest absolute Gasteiger partial charge is 0.0850 e. The van der Waals surface area contributed by atoms with Gasteiger partial charge in [-0.05, 0) is 66.5 Å². The maximum absolute atomic E-state index is 2.53. The van der Waals surface area contributed by atoms with Crippen molar-refractivity contribution in [2.24, 2.45) is 5.92 Å². The second-order valence-corrected chi connectivity index (χ2v) is 8.28. The number of rotatable bonds is 0. The standard InChI is InChI=1S/C20H26/c1-19(2,3)17-8-4-6-15-7-5-11-20(18(15)17)13-14-9-10-16(20)12-14/h4,6,8-9,16H,5,7,10-13H2,1-3H3. The summed E-state index contributed by atoms with van der Waals surface area (Å²) in [4.78, 5) is 0. The quantitative estimate of drug-likeness (QED) is 0.559. The van der Waals surface area contributed by atoms with Crippen LogP contribution in [0.5, 0.6) is 0 Å². The lowest BCUT2D eigenvalue weighted by molar-refractivity contribution is 0.264. The number of allylic oxidation sites excluding steroid dienone is 2. The van der Waals surface area contributed by atoms with Gasteiger partial charge in [-0.1, -0.05) is 50.6 Å². The molecule has 0 aromatic heterocycles. The van der Waals surface area contributed by atoms with Crippen molar-refractivity contribution in [3.63, 3.8) is 0 Å². The molecule has 0 aliphatic heterocycles. The van der Waals surface area contributed by atoms with Gasteiger partial charge in [0, 0.05) is 5.41 Å². The summed E-state index contributed by atoms with van der Waals surface area (Å²) in [7, 11) is 0. The summed E-state index contributed by atoms with van der Waals surface area (Å²) >= 11 is 0. The van der Waals surface area contributed by atoms with Crippen molar-refractivity contribution in [1.82, 2.24) is 0 Å². The van der Waals surface area contributed by atoms with Gasteiger partial charge >= 0.3 is 0 Å². The molecule has 0 heteroatoms. The Balaban J connectivity index is 1.95. The van der Waals surface area contributed by atoms with E-state index in [0.717, 1.165) is 5.92 Å². The topological polar surface area (TPSA) is 0 Å². The van der Waals surface area contributed by atoms with Crippen molar-refractivity contribution < 1.29 is 0 Å². The van der Waals surface area contributed by atoms with Crippen LogP contribution in [0.25, 0.3) is 0 Å². The molecule has 2 bridgehead atoms. The highest BCUT2D eigenvalue weighted by molar-refractivity contribution is 5.50. The van der Waals surface area contributed by atoms with Gasteiger partial charge in [-0.3, -0.25) is 0 Å². The van der Waals surface area contributed by atoms with Gasteiger partial charge in [0.25, 0.3) is 0 Å². The first-order valence-electron chi connectivity index (χ1n) is 8.31. The van der Waals surface area contributed by atoms with Crippen LogP contribution in [0, 0.1) is 5.92 Å². The van der Waals surface area contributed by atoms with Crippen LogP contribution in [-0.2, 0) is 17.3 Å². The van der Waals surface area contributed by atoms with Crippen molar-refractivity contribution in [2.75, 3.05) is 0 Å². The summed E-state index contributed by atoms with van der Waals surface area (Å²) in [6.45, 7) is 7.16. The third kappa shape index (κ3) is 1.60. The molecule has 3 aliphatic carbocycles. The zero-order valence-electron chi connectivity index (χ0n) is 13.1. The summed E-state index contributed by atoms with van der Waals surface area (Å²) in [5.41, 5.74) is 7.59. The summed E-state index contributed by atoms with van der Waals surface area (Å²) in [5, 5.41) is 0.